The average molecular weight is 365 g/mol. The van der Waals surface area contributed by atoms with Gasteiger partial charge in [0.1, 0.15) is 11.9 Å². The van der Waals surface area contributed by atoms with Crippen molar-refractivity contribution in [1.29, 1.82) is 0 Å². The van der Waals surface area contributed by atoms with Gasteiger partial charge in [0.25, 0.3) is 0 Å². The molecule has 0 bridgehead atoms. The van der Waals surface area contributed by atoms with E-state index >= 15 is 0 Å². The van der Waals surface area contributed by atoms with Gasteiger partial charge in [0.05, 0.1) is 30.6 Å². The molecule has 1 aliphatic rings. The average Bonchev–Trinajstić information content (AvgIpc) is 3.16. The Morgan fingerprint density at radius 3 is 2.85 bits per heavy atom. The summed E-state index contributed by atoms with van der Waals surface area (Å²) in [7, 11) is 0. The van der Waals surface area contributed by atoms with Gasteiger partial charge in [0.15, 0.2) is 0 Å². The summed E-state index contributed by atoms with van der Waals surface area (Å²) in [5, 5.41) is 3.05. The lowest BCUT2D eigenvalue weighted by atomic mass is 10.2. The molecule has 1 aromatic carbocycles. The summed E-state index contributed by atoms with van der Waals surface area (Å²) < 4.78 is 7.32. The Morgan fingerprint density at radius 2 is 2.00 bits per heavy atom. The van der Waals surface area contributed by atoms with Crippen molar-refractivity contribution in [2.24, 2.45) is 0 Å². The number of anilines is 1. The maximum Gasteiger partial charge on any atom is 0.243 e. The molecule has 7 heteroatoms. The van der Waals surface area contributed by atoms with Crippen molar-refractivity contribution in [2.75, 3.05) is 31.2 Å². The number of para-hydroxylation sites is 2. The third kappa shape index (κ3) is 3.64. The molecule has 2 aromatic heterocycles. The van der Waals surface area contributed by atoms with E-state index in [1.54, 1.807) is 12.5 Å². The fourth-order valence-corrected chi connectivity index (χ4v) is 3.37. The molecule has 3 aromatic rings. The van der Waals surface area contributed by atoms with Crippen LogP contribution >= 0.6 is 0 Å². The Morgan fingerprint density at radius 1 is 1.19 bits per heavy atom. The number of carbonyl (C=O) groups excluding carboxylic acids is 1. The summed E-state index contributed by atoms with van der Waals surface area (Å²) in [4.78, 5) is 23.8. The number of amides is 1. The molecule has 27 heavy (non-hydrogen) atoms. The van der Waals surface area contributed by atoms with E-state index in [0.717, 1.165) is 35.5 Å². The number of benzene rings is 1. The van der Waals surface area contributed by atoms with Crippen molar-refractivity contribution in [1.82, 2.24) is 19.9 Å². The molecule has 3 heterocycles. The first-order valence-corrected chi connectivity index (χ1v) is 9.20. The number of hydrogen-bond acceptors (Lipinski definition) is 5. The normalized spacial score (nSPS) is 15.7. The number of morpholine rings is 1. The minimum absolute atomic E-state index is 0.0464. The predicted octanol–water partition coefficient (Wildman–Crippen LogP) is 2.15. The lowest BCUT2D eigenvalue weighted by Crippen LogP contribution is -2.38. The summed E-state index contributed by atoms with van der Waals surface area (Å²) >= 11 is 0. The van der Waals surface area contributed by atoms with Gasteiger partial charge in [-0.2, -0.15) is 0 Å². The number of rotatable bonds is 5. The summed E-state index contributed by atoms with van der Waals surface area (Å²) in [5.74, 6) is 0.872. The number of carbonyl (C=O) groups is 1. The van der Waals surface area contributed by atoms with Crippen LogP contribution in [0.4, 0.5) is 5.82 Å². The highest BCUT2D eigenvalue weighted by molar-refractivity contribution is 5.83. The van der Waals surface area contributed by atoms with E-state index in [9.17, 15) is 4.79 Å². The summed E-state index contributed by atoms with van der Waals surface area (Å²) in [6, 6.07) is 11.4. The first-order chi connectivity index (χ1) is 13.2. The number of fused-ring (bicyclic) bond motifs is 1. The van der Waals surface area contributed by atoms with Crippen molar-refractivity contribution >= 4 is 22.8 Å². The molecular formula is C20H23N5O2. The van der Waals surface area contributed by atoms with Crippen LogP contribution in [0.3, 0.4) is 0 Å². The van der Waals surface area contributed by atoms with Crippen molar-refractivity contribution in [3.8, 4) is 0 Å². The molecule has 0 spiro atoms. The van der Waals surface area contributed by atoms with Gasteiger partial charge in [0, 0.05) is 31.4 Å². The molecule has 1 saturated heterocycles. The minimum Gasteiger partial charge on any atom is -0.378 e. The Bertz CT molecular complexity index is 933. The molecule has 1 amide bonds. The monoisotopic (exact) mass is 365 g/mol. The Labute approximate surface area is 158 Å². The van der Waals surface area contributed by atoms with Crippen LogP contribution < -0.4 is 10.2 Å². The molecule has 1 unspecified atom stereocenters. The first-order valence-electron chi connectivity index (χ1n) is 9.20. The molecule has 7 nitrogen and oxygen atoms in total. The van der Waals surface area contributed by atoms with E-state index in [4.69, 9.17) is 4.74 Å². The van der Waals surface area contributed by atoms with E-state index in [2.05, 4.69) is 20.2 Å². The standard InChI is InChI=1S/C20H23N5O2/c1-15(25-14-23-17-6-2-3-7-18(17)25)20(26)22-13-16-5-4-8-21-19(16)24-9-11-27-12-10-24/h2-8,14-15H,9-13H2,1H3,(H,22,26). The maximum atomic E-state index is 12.7. The third-order valence-corrected chi connectivity index (χ3v) is 4.91. The van der Waals surface area contributed by atoms with Crippen molar-refractivity contribution in [3.05, 3.63) is 54.5 Å². The fraction of sp³-hybridized carbons (Fsp3) is 0.350. The van der Waals surface area contributed by atoms with Crippen LogP contribution in [-0.4, -0.2) is 46.7 Å². The number of pyridine rings is 1. The second-order valence-electron chi connectivity index (χ2n) is 6.62. The largest absolute Gasteiger partial charge is 0.378 e. The van der Waals surface area contributed by atoms with Crippen LogP contribution in [-0.2, 0) is 16.1 Å². The Kier molecular flexibility index (Phi) is 5.02. The number of hydrogen-bond donors (Lipinski definition) is 1. The Balaban J connectivity index is 1.46. The van der Waals surface area contributed by atoms with Crippen LogP contribution in [0.15, 0.2) is 48.9 Å². The van der Waals surface area contributed by atoms with Gasteiger partial charge < -0.3 is 19.5 Å². The van der Waals surface area contributed by atoms with Crippen LogP contribution in [0.1, 0.15) is 18.5 Å². The second-order valence-corrected chi connectivity index (χ2v) is 6.62. The van der Waals surface area contributed by atoms with Crippen LogP contribution in [0.2, 0.25) is 0 Å². The lowest BCUT2D eigenvalue weighted by molar-refractivity contribution is -0.123. The van der Waals surface area contributed by atoms with E-state index < -0.39 is 0 Å². The van der Waals surface area contributed by atoms with E-state index in [1.165, 1.54) is 0 Å². The highest BCUT2D eigenvalue weighted by Gasteiger charge is 2.19. The number of nitrogens with zero attached hydrogens (tertiary/aromatic N) is 4. The number of nitrogens with one attached hydrogen (secondary N) is 1. The van der Waals surface area contributed by atoms with Crippen molar-refractivity contribution < 1.29 is 9.53 Å². The quantitative estimate of drug-likeness (QED) is 0.750. The zero-order chi connectivity index (χ0) is 18.6. The highest BCUT2D eigenvalue weighted by atomic mass is 16.5. The fourth-order valence-electron chi connectivity index (χ4n) is 3.37. The number of imidazole rings is 1. The molecule has 1 atom stereocenters. The highest BCUT2D eigenvalue weighted by Crippen LogP contribution is 2.20. The molecule has 1 fully saturated rings. The smallest absolute Gasteiger partial charge is 0.243 e. The number of ether oxygens (including phenoxy) is 1. The molecular weight excluding hydrogens is 342 g/mol. The van der Waals surface area contributed by atoms with E-state index in [-0.39, 0.29) is 11.9 Å². The summed E-state index contributed by atoms with van der Waals surface area (Å²) in [6.45, 7) is 5.36. The zero-order valence-electron chi connectivity index (χ0n) is 15.3. The minimum atomic E-state index is -0.346. The van der Waals surface area contributed by atoms with Gasteiger partial charge in [-0.25, -0.2) is 9.97 Å². The zero-order valence-corrected chi connectivity index (χ0v) is 15.3. The van der Waals surface area contributed by atoms with Crippen molar-refractivity contribution in [3.63, 3.8) is 0 Å². The van der Waals surface area contributed by atoms with E-state index in [1.807, 2.05) is 47.9 Å². The van der Waals surface area contributed by atoms with Gasteiger partial charge in [-0.15, -0.1) is 0 Å². The molecule has 4 rings (SSSR count). The molecule has 1 N–H and O–H groups in total. The molecule has 140 valence electrons. The molecule has 0 aliphatic carbocycles. The van der Waals surface area contributed by atoms with Gasteiger partial charge in [-0.3, -0.25) is 4.79 Å². The maximum absolute atomic E-state index is 12.7. The second kappa shape index (κ2) is 7.75. The molecule has 0 saturated carbocycles. The van der Waals surface area contributed by atoms with Crippen LogP contribution in [0, 0.1) is 0 Å². The first kappa shape index (κ1) is 17.5. The summed E-state index contributed by atoms with van der Waals surface area (Å²) in [6.07, 6.45) is 3.51. The van der Waals surface area contributed by atoms with Crippen LogP contribution in [0.25, 0.3) is 11.0 Å². The summed E-state index contributed by atoms with van der Waals surface area (Å²) in [5.41, 5.74) is 2.85. The number of aromatic nitrogens is 3. The van der Waals surface area contributed by atoms with Crippen molar-refractivity contribution in [2.45, 2.75) is 19.5 Å². The van der Waals surface area contributed by atoms with E-state index in [0.29, 0.717) is 19.8 Å². The van der Waals surface area contributed by atoms with Crippen LogP contribution in [0.5, 0.6) is 0 Å². The topological polar surface area (TPSA) is 72.3 Å². The lowest BCUT2D eigenvalue weighted by Gasteiger charge is -2.29. The van der Waals surface area contributed by atoms with Gasteiger partial charge >= 0.3 is 0 Å². The van der Waals surface area contributed by atoms with Gasteiger partial charge in [-0.05, 0) is 25.1 Å². The third-order valence-electron chi connectivity index (χ3n) is 4.91. The predicted molar refractivity (Wildman–Crippen MR) is 104 cm³/mol. The Hall–Kier alpha value is -2.93. The SMILES string of the molecule is CC(C(=O)NCc1cccnc1N1CCOCC1)n1cnc2ccccc21. The van der Waals surface area contributed by atoms with Gasteiger partial charge in [0.2, 0.25) is 5.91 Å². The van der Waals surface area contributed by atoms with Gasteiger partial charge in [-0.1, -0.05) is 18.2 Å². The molecule has 0 radical (unpaired) electrons. The molecule has 1 aliphatic heterocycles.